The van der Waals surface area contributed by atoms with Gasteiger partial charge in [-0.25, -0.2) is 0 Å². The number of rotatable bonds is 4. The predicted molar refractivity (Wildman–Crippen MR) is 83.3 cm³/mol. The topological polar surface area (TPSA) is 38.9 Å². The van der Waals surface area contributed by atoms with Gasteiger partial charge in [0.1, 0.15) is 0 Å². The fraction of sp³-hybridized carbons (Fsp3) is 0.200. The Morgan fingerprint density at radius 1 is 1.13 bits per heavy atom. The monoisotopic (exact) mass is 356 g/mol. The summed E-state index contributed by atoms with van der Waals surface area (Å²) >= 11 is 2.81. The molecule has 0 fully saturated rings. The SMILES string of the molecule is CC(Sc1nnc(-c2cccs2)o1)c1ccc(C(F)(F)F)cc1. The molecule has 0 bridgehead atoms. The lowest BCUT2D eigenvalue weighted by Crippen LogP contribution is -2.04. The first kappa shape index (κ1) is 16.1. The van der Waals surface area contributed by atoms with Crippen LogP contribution in [0.25, 0.3) is 10.8 Å². The van der Waals surface area contributed by atoms with Gasteiger partial charge in [0, 0.05) is 5.25 Å². The number of alkyl halides is 3. The number of aromatic nitrogens is 2. The van der Waals surface area contributed by atoms with Gasteiger partial charge in [-0.3, -0.25) is 0 Å². The van der Waals surface area contributed by atoms with E-state index in [9.17, 15) is 13.2 Å². The van der Waals surface area contributed by atoms with Crippen LogP contribution < -0.4 is 0 Å². The van der Waals surface area contributed by atoms with Gasteiger partial charge in [0.05, 0.1) is 10.4 Å². The second-order valence-electron chi connectivity index (χ2n) is 4.73. The molecule has 0 N–H and O–H groups in total. The summed E-state index contributed by atoms with van der Waals surface area (Å²) in [7, 11) is 0. The number of thiophene rings is 1. The van der Waals surface area contributed by atoms with E-state index in [0.29, 0.717) is 11.1 Å². The van der Waals surface area contributed by atoms with Crippen molar-refractivity contribution in [2.24, 2.45) is 0 Å². The Morgan fingerprint density at radius 2 is 1.87 bits per heavy atom. The number of benzene rings is 1. The number of thioether (sulfide) groups is 1. The molecule has 0 radical (unpaired) electrons. The number of hydrogen-bond acceptors (Lipinski definition) is 5. The Balaban J connectivity index is 1.71. The summed E-state index contributed by atoms with van der Waals surface area (Å²) in [5, 5.41) is 10.1. The summed E-state index contributed by atoms with van der Waals surface area (Å²) in [5.74, 6) is 0.446. The number of nitrogens with zero attached hydrogens (tertiary/aromatic N) is 2. The van der Waals surface area contributed by atoms with Crippen molar-refractivity contribution in [3.05, 3.63) is 52.9 Å². The molecule has 8 heteroatoms. The third-order valence-electron chi connectivity index (χ3n) is 3.12. The molecule has 1 aromatic carbocycles. The van der Waals surface area contributed by atoms with Crippen LogP contribution in [0.5, 0.6) is 0 Å². The molecule has 2 heterocycles. The van der Waals surface area contributed by atoms with Gasteiger partial charge in [0.15, 0.2) is 0 Å². The predicted octanol–water partition coefficient (Wildman–Crippen LogP) is 5.67. The van der Waals surface area contributed by atoms with Crippen LogP contribution >= 0.6 is 23.1 Å². The zero-order valence-corrected chi connectivity index (χ0v) is 13.5. The molecule has 0 aliphatic carbocycles. The maximum atomic E-state index is 12.6. The molecule has 0 amide bonds. The lowest BCUT2D eigenvalue weighted by molar-refractivity contribution is -0.137. The molecule has 120 valence electrons. The normalized spacial score (nSPS) is 13.2. The number of hydrogen-bond donors (Lipinski definition) is 0. The van der Waals surface area contributed by atoms with Crippen LogP contribution in [0.2, 0.25) is 0 Å². The van der Waals surface area contributed by atoms with E-state index < -0.39 is 11.7 Å². The summed E-state index contributed by atoms with van der Waals surface area (Å²) in [6, 6.07) is 8.87. The van der Waals surface area contributed by atoms with Crippen molar-refractivity contribution in [3.63, 3.8) is 0 Å². The molecule has 1 unspecified atom stereocenters. The van der Waals surface area contributed by atoms with Gasteiger partial charge in [-0.2, -0.15) is 13.2 Å². The second kappa shape index (κ2) is 6.37. The van der Waals surface area contributed by atoms with Crippen molar-refractivity contribution in [1.29, 1.82) is 0 Å². The van der Waals surface area contributed by atoms with E-state index in [-0.39, 0.29) is 5.25 Å². The van der Waals surface area contributed by atoms with E-state index in [1.165, 1.54) is 35.2 Å². The molecule has 0 spiro atoms. The Kier molecular flexibility index (Phi) is 4.45. The van der Waals surface area contributed by atoms with E-state index in [2.05, 4.69) is 10.2 Å². The van der Waals surface area contributed by atoms with E-state index in [1.807, 2.05) is 24.4 Å². The summed E-state index contributed by atoms with van der Waals surface area (Å²) in [6.45, 7) is 1.88. The first-order valence-corrected chi connectivity index (χ1v) is 8.40. The average Bonchev–Trinajstić information content (AvgIpc) is 3.17. The van der Waals surface area contributed by atoms with Crippen LogP contribution in [0.3, 0.4) is 0 Å². The third-order valence-corrected chi connectivity index (χ3v) is 4.97. The number of halogens is 3. The molecule has 0 saturated heterocycles. The van der Waals surface area contributed by atoms with Gasteiger partial charge < -0.3 is 4.42 Å². The van der Waals surface area contributed by atoms with Gasteiger partial charge in [-0.15, -0.1) is 21.5 Å². The Morgan fingerprint density at radius 3 is 2.48 bits per heavy atom. The van der Waals surface area contributed by atoms with Crippen LogP contribution in [0.15, 0.2) is 51.4 Å². The highest BCUT2D eigenvalue weighted by Crippen LogP contribution is 2.37. The Hall–Kier alpha value is -1.80. The maximum absolute atomic E-state index is 12.6. The van der Waals surface area contributed by atoms with Crippen molar-refractivity contribution < 1.29 is 17.6 Å². The Bertz CT molecular complexity index is 767. The van der Waals surface area contributed by atoms with Gasteiger partial charge in [0.25, 0.3) is 11.1 Å². The van der Waals surface area contributed by atoms with Gasteiger partial charge in [-0.05, 0) is 36.1 Å². The summed E-state index contributed by atoms with van der Waals surface area (Å²) in [4.78, 5) is 0.881. The molecule has 3 rings (SSSR count). The van der Waals surface area contributed by atoms with Crippen molar-refractivity contribution in [1.82, 2.24) is 10.2 Å². The fourth-order valence-corrected chi connectivity index (χ4v) is 3.37. The van der Waals surface area contributed by atoms with E-state index >= 15 is 0 Å². The highest BCUT2D eigenvalue weighted by atomic mass is 32.2. The van der Waals surface area contributed by atoms with Crippen LogP contribution in [-0.4, -0.2) is 10.2 Å². The van der Waals surface area contributed by atoms with E-state index in [0.717, 1.165) is 22.6 Å². The van der Waals surface area contributed by atoms with Crippen molar-refractivity contribution in [2.75, 3.05) is 0 Å². The van der Waals surface area contributed by atoms with Gasteiger partial charge in [-0.1, -0.05) is 30.0 Å². The molecular weight excluding hydrogens is 345 g/mol. The zero-order valence-electron chi connectivity index (χ0n) is 11.9. The minimum Gasteiger partial charge on any atom is -0.410 e. The molecule has 3 aromatic rings. The van der Waals surface area contributed by atoms with Crippen LogP contribution in [0, 0.1) is 0 Å². The molecule has 2 aromatic heterocycles. The molecule has 1 atom stereocenters. The van der Waals surface area contributed by atoms with E-state index in [4.69, 9.17) is 4.42 Å². The van der Waals surface area contributed by atoms with Crippen molar-refractivity contribution in [3.8, 4) is 10.8 Å². The summed E-state index contributed by atoms with van der Waals surface area (Å²) in [5.41, 5.74) is 0.107. The molecule has 0 aliphatic rings. The van der Waals surface area contributed by atoms with E-state index in [1.54, 1.807) is 0 Å². The standard InChI is InChI=1S/C15H11F3N2OS2/c1-9(10-4-6-11(7-5-10)15(16,17)18)23-14-20-19-13(21-14)12-3-2-8-22-12/h2-9H,1H3. The molecular formula is C15H11F3N2OS2. The lowest BCUT2D eigenvalue weighted by atomic mass is 10.1. The smallest absolute Gasteiger partial charge is 0.410 e. The second-order valence-corrected chi connectivity index (χ2v) is 6.97. The zero-order chi connectivity index (χ0) is 16.4. The highest BCUT2D eigenvalue weighted by Gasteiger charge is 2.30. The minimum atomic E-state index is -4.32. The first-order valence-electron chi connectivity index (χ1n) is 6.64. The third kappa shape index (κ3) is 3.76. The quantitative estimate of drug-likeness (QED) is 0.565. The molecule has 3 nitrogen and oxygen atoms in total. The molecule has 0 saturated carbocycles. The average molecular weight is 356 g/mol. The van der Waals surface area contributed by atoms with Crippen LogP contribution in [-0.2, 0) is 6.18 Å². The van der Waals surface area contributed by atoms with Crippen LogP contribution in [0.4, 0.5) is 13.2 Å². The largest absolute Gasteiger partial charge is 0.416 e. The molecule has 23 heavy (non-hydrogen) atoms. The van der Waals surface area contributed by atoms with Crippen LogP contribution in [0.1, 0.15) is 23.3 Å². The lowest BCUT2D eigenvalue weighted by Gasteiger charge is -2.11. The van der Waals surface area contributed by atoms with Gasteiger partial charge in [0.2, 0.25) is 0 Å². The summed E-state index contributed by atoms with van der Waals surface area (Å²) in [6.07, 6.45) is -4.32. The fourth-order valence-electron chi connectivity index (χ4n) is 1.92. The van der Waals surface area contributed by atoms with Gasteiger partial charge >= 0.3 is 6.18 Å². The minimum absolute atomic E-state index is 0.103. The summed E-state index contributed by atoms with van der Waals surface area (Å²) < 4.78 is 43.3. The van der Waals surface area contributed by atoms with Crippen molar-refractivity contribution >= 4 is 23.1 Å². The first-order chi connectivity index (χ1) is 10.9. The molecule has 0 aliphatic heterocycles. The Labute approximate surface area is 138 Å². The maximum Gasteiger partial charge on any atom is 0.416 e. The van der Waals surface area contributed by atoms with Crippen molar-refractivity contribution in [2.45, 2.75) is 23.6 Å². The highest BCUT2D eigenvalue weighted by molar-refractivity contribution is 7.99.